The van der Waals surface area contributed by atoms with E-state index in [4.69, 9.17) is 13.9 Å². The Kier molecular flexibility index (Phi) is 4.64. The van der Waals surface area contributed by atoms with E-state index in [0.29, 0.717) is 50.3 Å². The number of carbonyl (C=O) groups is 1. The Balaban J connectivity index is 1.83. The molecule has 29 heavy (non-hydrogen) atoms. The van der Waals surface area contributed by atoms with Crippen molar-refractivity contribution in [3.05, 3.63) is 70.1 Å². The number of amides is 1. The molecule has 0 fully saturated rings. The summed E-state index contributed by atoms with van der Waals surface area (Å²) < 4.78 is 16.0. The van der Waals surface area contributed by atoms with E-state index in [1.807, 2.05) is 12.1 Å². The summed E-state index contributed by atoms with van der Waals surface area (Å²) in [5, 5.41) is 3.87. The van der Waals surface area contributed by atoms with Gasteiger partial charge >= 0.3 is 5.63 Å². The Morgan fingerprint density at radius 3 is 2.62 bits per heavy atom. The Bertz CT molecular complexity index is 1310. The fourth-order valence-corrected chi connectivity index (χ4v) is 3.34. The van der Waals surface area contributed by atoms with Gasteiger partial charge in [0.1, 0.15) is 11.4 Å². The first-order valence-corrected chi connectivity index (χ1v) is 8.89. The summed E-state index contributed by atoms with van der Waals surface area (Å²) in [4.78, 5) is 29.8. The minimum Gasteiger partial charge on any atom is -0.493 e. The van der Waals surface area contributed by atoms with Crippen LogP contribution in [0.25, 0.3) is 21.9 Å². The molecule has 0 unspecified atom stereocenters. The number of rotatable bonds is 4. The molecule has 0 aliphatic heterocycles. The number of methoxy groups -OCH3 is 2. The number of hydrogen-bond acceptors (Lipinski definition) is 6. The van der Waals surface area contributed by atoms with Crippen molar-refractivity contribution < 1.29 is 18.7 Å². The SMILES string of the molecule is COc1cccc(C(=O)Nc2cc(C)c3c(=O)oc4ccccc4c3n2)c1OC. The third-order valence-corrected chi connectivity index (χ3v) is 4.65. The molecular weight excluding hydrogens is 372 g/mol. The van der Waals surface area contributed by atoms with Gasteiger partial charge < -0.3 is 19.2 Å². The molecule has 0 aliphatic rings. The maximum atomic E-state index is 12.9. The third kappa shape index (κ3) is 3.16. The van der Waals surface area contributed by atoms with Gasteiger partial charge in [0.2, 0.25) is 0 Å². The quantitative estimate of drug-likeness (QED) is 0.420. The van der Waals surface area contributed by atoms with E-state index in [1.54, 1.807) is 43.3 Å². The van der Waals surface area contributed by atoms with Crippen LogP contribution in [0.3, 0.4) is 0 Å². The average Bonchev–Trinajstić information content (AvgIpc) is 2.72. The van der Waals surface area contributed by atoms with Crippen molar-refractivity contribution in [2.45, 2.75) is 6.92 Å². The van der Waals surface area contributed by atoms with Crippen LogP contribution in [0, 0.1) is 6.92 Å². The standard InChI is InChI=1S/C22H18N2O5/c1-12-11-17(24-21(25)14-8-6-10-16(27-2)20(14)28-3)23-19-13-7-4-5-9-15(13)29-22(26)18(12)19/h4-11H,1-3H3,(H,23,24,25). The van der Waals surface area contributed by atoms with Crippen LogP contribution >= 0.6 is 0 Å². The van der Waals surface area contributed by atoms with Gasteiger partial charge in [-0.3, -0.25) is 4.79 Å². The summed E-state index contributed by atoms with van der Waals surface area (Å²) in [6.45, 7) is 1.78. The maximum absolute atomic E-state index is 12.9. The number of anilines is 1. The first kappa shape index (κ1) is 18.5. The first-order valence-electron chi connectivity index (χ1n) is 8.89. The van der Waals surface area contributed by atoms with Crippen LogP contribution in [0.2, 0.25) is 0 Å². The lowest BCUT2D eigenvalue weighted by molar-refractivity contribution is 0.102. The first-order chi connectivity index (χ1) is 14.0. The fourth-order valence-electron chi connectivity index (χ4n) is 3.34. The molecule has 4 rings (SSSR count). The van der Waals surface area contributed by atoms with Crippen LogP contribution in [0.5, 0.6) is 11.5 Å². The van der Waals surface area contributed by atoms with Gasteiger partial charge in [0.05, 0.1) is 30.7 Å². The number of nitrogens with one attached hydrogen (secondary N) is 1. The fraction of sp³-hybridized carbons (Fsp3) is 0.136. The largest absolute Gasteiger partial charge is 0.493 e. The second-order valence-corrected chi connectivity index (χ2v) is 6.43. The number of benzene rings is 2. The topological polar surface area (TPSA) is 90.7 Å². The predicted octanol–water partition coefficient (Wildman–Crippen LogP) is 3.92. The van der Waals surface area contributed by atoms with Crippen LogP contribution in [-0.4, -0.2) is 25.1 Å². The van der Waals surface area contributed by atoms with Crippen LogP contribution in [-0.2, 0) is 0 Å². The smallest absolute Gasteiger partial charge is 0.346 e. The molecule has 0 saturated carbocycles. The van der Waals surface area contributed by atoms with E-state index < -0.39 is 11.5 Å². The lowest BCUT2D eigenvalue weighted by Crippen LogP contribution is -2.15. The highest BCUT2D eigenvalue weighted by atomic mass is 16.5. The zero-order chi connectivity index (χ0) is 20.5. The number of aryl methyl sites for hydroxylation is 1. The number of pyridine rings is 1. The molecule has 7 heteroatoms. The number of ether oxygens (including phenoxy) is 2. The van der Waals surface area contributed by atoms with Crippen molar-refractivity contribution in [1.82, 2.24) is 4.98 Å². The molecule has 0 saturated heterocycles. The van der Waals surface area contributed by atoms with Gasteiger partial charge in [0.15, 0.2) is 11.5 Å². The van der Waals surface area contributed by atoms with Crippen molar-refractivity contribution in [3.8, 4) is 11.5 Å². The number of nitrogens with zero attached hydrogens (tertiary/aromatic N) is 1. The Morgan fingerprint density at radius 2 is 1.86 bits per heavy atom. The van der Waals surface area contributed by atoms with Gasteiger partial charge in [-0.1, -0.05) is 18.2 Å². The summed E-state index contributed by atoms with van der Waals surface area (Å²) in [5.74, 6) is 0.697. The Hall–Kier alpha value is -3.87. The molecule has 2 aromatic carbocycles. The molecule has 146 valence electrons. The van der Waals surface area contributed by atoms with Crippen LogP contribution in [0.15, 0.2) is 57.7 Å². The summed E-state index contributed by atoms with van der Waals surface area (Å²) in [6, 6.07) is 13.8. The van der Waals surface area contributed by atoms with E-state index in [9.17, 15) is 9.59 Å². The maximum Gasteiger partial charge on any atom is 0.346 e. The lowest BCUT2D eigenvalue weighted by atomic mass is 10.1. The summed E-state index contributed by atoms with van der Waals surface area (Å²) >= 11 is 0. The molecule has 4 aromatic rings. The molecule has 1 amide bonds. The molecule has 2 aromatic heterocycles. The molecule has 0 radical (unpaired) electrons. The molecule has 0 spiro atoms. The highest BCUT2D eigenvalue weighted by Gasteiger charge is 2.18. The number of aromatic nitrogens is 1. The molecular formula is C22H18N2O5. The van der Waals surface area contributed by atoms with Gasteiger partial charge in [-0.2, -0.15) is 0 Å². The van der Waals surface area contributed by atoms with E-state index in [1.165, 1.54) is 14.2 Å². The number of para-hydroxylation sites is 2. The minimum atomic E-state index is -0.462. The Morgan fingerprint density at radius 1 is 1.07 bits per heavy atom. The normalized spacial score (nSPS) is 10.9. The van der Waals surface area contributed by atoms with Gasteiger partial charge in [0.25, 0.3) is 5.91 Å². The van der Waals surface area contributed by atoms with E-state index in [2.05, 4.69) is 10.3 Å². The molecule has 7 nitrogen and oxygen atoms in total. The number of fused-ring (bicyclic) bond motifs is 3. The van der Waals surface area contributed by atoms with Crippen LogP contribution in [0.4, 0.5) is 5.82 Å². The van der Waals surface area contributed by atoms with Crippen molar-refractivity contribution in [1.29, 1.82) is 0 Å². The number of hydrogen-bond donors (Lipinski definition) is 1. The van der Waals surface area contributed by atoms with Crippen molar-refractivity contribution in [2.24, 2.45) is 0 Å². The zero-order valence-electron chi connectivity index (χ0n) is 16.1. The number of carbonyl (C=O) groups excluding carboxylic acids is 1. The van der Waals surface area contributed by atoms with Crippen molar-refractivity contribution >= 4 is 33.6 Å². The summed E-state index contributed by atoms with van der Waals surface area (Å²) in [7, 11) is 2.98. The predicted molar refractivity (Wildman–Crippen MR) is 110 cm³/mol. The van der Waals surface area contributed by atoms with Crippen LogP contribution in [0.1, 0.15) is 15.9 Å². The van der Waals surface area contributed by atoms with Gasteiger partial charge in [-0.05, 0) is 42.8 Å². The van der Waals surface area contributed by atoms with Crippen LogP contribution < -0.4 is 20.4 Å². The lowest BCUT2D eigenvalue weighted by Gasteiger charge is -2.13. The molecule has 0 aliphatic carbocycles. The second-order valence-electron chi connectivity index (χ2n) is 6.43. The monoisotopic (exact) mass is 390 g/mol. The van der Waals surface area contributed by atoms with Gasteiger partial charge in [-0.25, -0.2) is 9.78 Å². The minimum absolute atomic E-state index is 0.309. The summed E-state index contributed by atoms with van der Waals surface area (Å²) in [5.41, 5.74) is 1.42. The molecule has 1 N–H and O–H groups in total. The van der Waals surface area contributed by atoms with Crippen molar-refractivity contribution in [2.75, 3.05) is 19.5 Å². The van der Waals surface area contributed by atoms with Gasteiger partial charge in [0, 0.05) is 5.39 Å². The molecule has 0 atom stereocenters. The molecule has 2 heterocycles. The van der Waals surface area contributed by atoms with E-state index in [-0.39, 0.29) is 0 Å². The van der Waals surface area contributed by atoms with Crippen molar-refractivity contribution in [3.63, 3.8) is 0 Å². The highest BCUT2D eigenvalue weighted by molar-refractivity contribution is 6.08. The average molecular weight is 390 g/mol. The third-order valence-electron chi connectivity index (χ3n) is 4.65. The van der Waals surface area contributed by atoms with E-state index in [0.717, 1.165) is 0 Å². The second kappa shape index (κ2) is 7.27. The summed E-state index contributed by atoms with van der Waals surface area (Å²) in [6.07, 6.45) is 0. The van der Waals surface area contributed by atoms with E-state index >= 15 is 0 Å². The van der Waals surface area contributed by atoms with Gasteiger partial charge in [-0.15, -0.1) is 0 Å². The zero-order valence-corrected chi connectivity index (χ0v) is 16.1. The Labute approximate surface area is 165 Å². The molecule has 0 bridgehead atoms. The highest BCUT2D eigenvalue weighted by Crippen LogP contribution is 2.31.